The van der Waals surface area contributed by atoms with Crippen LogP contribution in [0.25, 0.3) is 0 Å². The summed E-state index contributed by atoms with van der Waals surface area (Å²) in [7, 11) is 1.47. The zero-order valence-corrected chi connectivity index (χ0v) is 14.8. The van der Waals surface area contributed by atoms with Gasteiger partial charge in [0.1, 0.15) is 6.04 Å². The number of benzene rings is 1. The summed E-state index contributed by atoms with van der Waals surface area (Å²) in [4.78, 5) is 25.3. The van der Waals surface area contributed by atoms with E-state index in [9.17, 15) is 14.7 Å². The van der Waals surface area contributed by atoms with Gasteiger partial charge in [-0.25, -0.2) is 4.79 Å². The molecule has 1 aliphatic heterocycles. The highest BCUT2D eigenvalue weighted by Crippen LogP contribution is 2.37. The lowest BCUT2D eigenvalue weighted by molar-refractivity contribution is -0.141. The van der Waals surface area contributed by atoms with Crippen LogP contribution in [0.3, 0.4) is 0 Å². The van der Waals surface area contributed by atoms with Gasteiger partial charge in [0, 0.05) is 12.1 Å². The lowest BCUT2D eigenvalue weighted by atomic mass is 10.1. The third-order valence-electron chi connectivity index (χ3n) is 3.84. The van der Waals surface area contributed by atoms with Crippen molar-refractivity contribution in [1.29, 1.82) is 0 Å². The molecule has 6 nitrogen and oxygen atoms in total. The van der Waals surface area contributed by atoms with Crippen LogP contribution in [0, 0.1) is 5.92 Å². The maximum absolute atomic E-state index is 12.7. The predicted molar refractivity (Wildman–Crippen MR) is 90.0 cm³/mol. The van der Waals surface area contributed by atoms with Crippen LogP contribution in [0.2, 0.25) is 5.02 Å². The standard InChI is InChI=1S/C17H22ClNO5/c1-10(2)9-24-15-12(18)7-11(8-14(15)23-3)16(20)19-6-4-5-13(19)17(21)22/h7-8,10,13H,4-6,9H2,1-3H3,(H,21,22)/t13-/m1/s1. The lowest BCUT2D eigenvalue weighted by Gasteiger charge is -2.22. The van der Waals surface area contributed by atoms with E-state index in [0.29, 0.717) is 49.0 Å². The smallest absolute Gasteiger partial charge is 0.326 e. The number of carbonyl (C=O) groups excluding carboxylic acids is 1. The largest absolute Gasteiger partial charge is 0.493 e. The average molecular weight is 356 g/mol. The second-order valence-electron chi connectivity index (χ2n) is 6.19. The number of carboxylic acids is 1. The molecule has 1 fully saturated rings. The molecule has 1 atom stereocenters. The maximum Gasteiger partial charge on any atom is 0.326 e. The molecule has 1 heterocycles. The minimum Gasteiger partial charge on any atom is -0.493 e. The summed E-state index contributed by atoms with van der Waals surface area (Å²) < 4.78 is 11.0. The fourth-order valence-electron chi connectivity index (χ4n) is 2.67. The highest BCUT2D eigenvalue weighted by molar-refractivity contribution is 6.32. The van der Waals surface area contributed by atoms with Crippen LogP contribution in [0.5, 0.6) is 11.5 Å². The molecule has 1 saturated heterocycles. The molecule has 7 heteroatoms. The molecule has 0 aromatic heterocycles. The first kappa shape index (κ1) is 18.4. The Morgan fingerprint density at radius 3 is 2.71 bits per heavy atom. The van der Waals surface area contributed by atoms with Gasteiger partial charge in [-0.2, -0.15) is 0 Å². The Kier molecular flexibility index (Phi) is 5.94. The van der Waals surface area contributed by atoms with E-state index < -0.39 is 12.0 Å². The number of carbonyl (C=O) groups is 2. The molecule has 0 aliphatic carbocycles. The molecule has 1 aromatic carbocycles. The maximum atomic E-state index is 12.7. The summed E-state index contributed by atoms with van der Waals surface area (Å²) in [6, 6.07) is 2.25. The van der Waals surface area contributed by atoms with Crippen molar-refractivity contribution in [1.82, 2.24) is 4.90 Å². The van der Waals surface area contributed by atoms with E-state index in [0.717, 1.165) is 0 Å². The van der Waals surface area contributed by atoms with E-state index in [4.69, 9.17) is 21.1 Å². The zero-order chi connectivity index (χ0) is 17.9. The van der Waals surface area contributed by atoms with Crippen LogP contribution in [0.4, 0.5) is 0 Å². The lowest BCUT2D eigenvalue weighted by Crippen LogP contribution is -2.40. The summed E-state index contributed by atoms with van der Waals surface area (Å²) in [6.07, 6.45) is 1.13. The van der Waals surface area contributed by atoms with E-state index in [2.05, 4.69) is 0 Å². The number of ether oxygens (including phenoxy) is 2. The quantitative estimate of drug-likeness (QED) is 0.848. The molecule has 0 spiro atoms. The molecule has 1 N–H and O–H groups in total. The number of carboxylic acid groups (broad SMARTS) is 1. The number of amides is 1. The van der Waals surface area contributed by atoms with Crippen LogP contribution in [0.15, 0.2) is 12.1 Å². The monoisotopic (exact) mass is 355 g/mol. The van der Waals surface area contributed by atoms with Crippen molar-refractivity contribution in [3.8, 4) is 11.5 Å². The molecule has 0 unspecified atom stereocenters. The predicted octanol–water partition coefficient (Wildman–Crippen LogP) is 3.07. The molecular formula is C17H22ClNO5. The summed E-state index contributed by atoms with van der Waals surface area (Å²) in [6.45, 7) is 4.91. The SMILES string of the molecule is COc1cc(C(=O)N2CCC[C@@H]2C(=O)O)cc(Cl)c1OCC(C)C. The normalized spacial score (nSPS) is 17.2. The Morgan fingerprint density at radius 1 is 1.42 bits per heavy atom. The molecule has 0 bridgehead atoms. The van der Waals surface area contributed by atoms with Gasteiger partial charge in [-0.1, -0.05) is 25.4 Å². The summed E-state index contributed by atoms with van der Waals surface area (Å²) in [5, 5.41) is 9.50. The highest BCUT2D eigenvalue weighted by Gasteiger charge is 2.35. The molecule has 24 heavy (non-hydrogen) atoms. The third-order valence-corrected chi connectivity index (χ3v) is 4.12. The number of likely N-dealkylation sites (tertiary alicyclic amines) is 1. The second-order valence-corrected chi connectivity index (χ2v) is 6.60. The van der Waals surface area contributed by atoms with Gasteiger partial charge in [-0.3, -0.25) is 4.79 Å². The van der Waals surface area contributed by atoms with Crippen molar-refractivity contribution in [3.63, 3.8) is 0 Å². The molecular weight excluding hydrogens is 334 g/mol. The van der Waals surface area contributed by atoms with Crippen LogP contribution in [-0.4, -0.2) is 48.2 Å². The first-order valence-electron chi connectivity index (χ1n) is 7.89. The number of aliphatic carboxylic acids is 1. The molecule has 1 aliphatic rings. The van der Waals surface area contributed by atoms with Gasteiger partial charge < -0.3 is 19.5 Å². The van der Waals surface area contributed by atoms with E-state index in [-0.39, 0.29) is 10.9 Å². The molecule has 1 amide bonds. The van der Waals surface area contributed by atoms with Gasteiger partial charge in [0.15, 0.2) is 11.5 Å². The van der Waals surface area contributed by atoms with Crippen molar-refractivity contribution in [2.75, 3.05) is 20.3 Å². The summed E-state index contributed by atoms with van der Waals surface area (Å²) in [5.74, 6) is -0.294. The number of halogens is 1. The fraction of sp³-hybridized carbons (Fsp3) is 0.529. The first-order chi connectivity index (χ1) is 11.3. The Balaban J connectivity index is 2.29. The van der Waals surface area contributed by atoms with E-state index in [1.807, 2.05) is 13.8 Å². The summed E-state index contributed by atoms with van der Waals surface area (Å²) >= 11 is 6.25. The molecule has 1 aromatic rings. The Bertz CT molecular complexity index is 632. The van der Waals surface area contributed by atoms with Gasteiger partial charge in [-0.15, -0.1) is 0 Å². The topological polar surface area (TPSA) is 76.1 Å². The first-order valence-corrected chi connectivity index (χ1v) is 8.27. The van der Waals surface area contributed by atoms with Crippen molar-refractivity contribution in [2.45, 2.75) is 32.7 Å². The number of rotatable bonds is 6. The van der Waals surface area contributed by atoms with Crippen molar-refractivity contribution in [3.05, 3.63) is 22.7 Å². The van der Waals surface area contributed by atoms with E-state index in [1.54, 1.807) is 6.07 Å². The third kappa shape index (κ3) is 3.93. The van der Waals surface area contributed by atoms with Gasteiger partial charge >= 0.3 is 5.97 Å². The fourth-order valence-corrected chi connectivity index (χ4v) is 2.93. The molecule has 132 valence electrons. The number of hydrogen-bond acceptors (Lipinski definition) is 4. The van der Waals surface area contributed by atoms with Crippen LogP contribution in [0.1, 0.15) is 37.0 Å². The van der Waals surface area contributed by atoms with Crippen LogP contribution in [-0.2, 0) is 4.79 Å². The van der Waals surface area contributed by atoms with Crippen LogP contribution >= 0.6 is 11.6 Å². The van der Waals surface area contributed by atoms with E-state index >= 15 is 0 Å². The molecule has 2 rings (SSSR count). The number of nitrogens with zero attached hydrogens (tertiary/aromatic N) is 1. The van der Waals surface area contributed by atoms with Crippen molar-refractivity contribution < 1.29 is 24.2 Å². The van der Waals surface area contributed by atoms with Gasteiger partial charge in [0.25, 0.3) is 5.91 Å². The van der Waals surface area contributed by atoms with Gasteiger partial charge in [0.05, 0.1) is 18.7 Å². The number of methoxy groups -OCH3 is 1. The minimum atomic E-state index is -0.990. The zero-order valence-electron chi connectivity index (χ0n) is 14.0. The molecule has 0 saturated carbocycles. The Labute approximate surface area is 146 Å². The Hall–Kier alpha value is -1.95. The van der Waals surface area contributed by atoms with Gasteiger partial charge in [0.2, 0.25) is 0 Å². The average Bonchev–Trinajstić information content (AvgIpc) is 3.01. The van der Waals surface area contributed by atoms with Crippen molar-refractivity contribution >= 4 is 23.5 Å². The minimum absolute atomic E-state index is 0.268. The van der Waals surface area contributed by atoms with Crippen LogP contribution < -0.4 is 9.47 Å². The van der Waals surface area contributed by atoms with E-state index in [1.165, 1.54) is 18.1 Å². The van der Waals surface area contributed by atoms with Crippen molar-refractivity contribution in [2.24, 2.45) is 5.92 Å². The summed E-state index contributed by atoms with van der Waals surface area (Å²) in [5.41, 5.74) is 0.293. The molecule has 0 radical (unpaired) electrons. The Morgan fingerprint density at radius 2 is 2.12 bits per heavy atom. The highest BCUT2D eigenvalue weighted by atomic mass is 35.5. The van der Waals surface area contributed by atoms with Gasteiger partial charge in [-0.05, 0) is 30.9 Å². The number of hydrogen-bond donors (Lipinski definition) is 1. The second kappa shape index (κ2) is 7.75.